The smallest absolute Gasteiger partial charge is 0.278 e. The van der Waals surface area contributed by atoms with Crippen LogP contribution in [0.4, 0.5) is 11.4 Å². The highest BCUT2D eigenvalue weighted by Gasteiger charge is 2.34. The maximum atomic E-state index is 13.1. The third-order valence-electron chi connectivity index (χ3n) is 4.83. The first kappa shape index (κ1) is 17.5. The Balaban J connectivity index is 1.68. The van der Waals surface area contributed by atoms with Gasteiger partial charge in [0.2, 0.25) is 0 Å². The van der Waals surface area contributed by atoms with Crippen LogP contribution in [-0.2, 0) is 4.79 Å². The second kappa shape index (κ2) is 7.39. The molecule has 1 amide bonds. The largest absolute Gasteiger partial charge is 0.293 e. The summed E-state index contributed by atoms with van der Waals surface area (Å²) in [4.78, 5) is 21.9. The summed E-state index contributed by atoms with van der Waals surface area (Å²) in [5, 5.41) is 0.901. The normalized spacial score (nSPS) is 19.2. The first-order valence-corrected chi connectivity index (χ1v) is 9.56. The van der Waals surface area contributed by atoms with E-state index in [2.05, 4.69) is 9.89 Å². The molecule has 0 radical (unpaired) electrons. The number of rotatable bonds is 3. The zero-order valence-electron chi connectivity index (χ0n) is 14.3. The molecule has 0 atom stereocenters. The Morgan fingerprint density at radius 2 is 1.73 bits per heavy atom. The second-order valence-corrected chi connectivity index (χ2v) is 7.44. The van der Waals surface area contributed by atoms with Crippen molar-refractivity contribution in [2.24, 2.45) is 4.99 Å². The van der Waals surface area contributed by atoms with Crippen molar-refractivity contribution in [1.29, 1.82) is 0 Å². The number of para-hydroxylation sites is 1. The zero-order chi connectivity index (χ0) is 18.1. The summed E-state index contributed by atoms with van der Waals surface area (Å²) in [7, 11) is 0. The minimum Gasteiger partial charge on any atom is -0.293 e. The van der Waals surface area contributed by atoms with Crippen molar-refractivity contribution >= 4 is 46.2 Å². The molecule has 4 rings (SSSR count). The molecule has 0 bridgehead atoms. The van der Waals surface area contributed by atoms with Crippen LogP contribution in [0, 0.1) is 0 Å². The summed E-state index contributed by atoms with van der Waals surface area (Å²) < 4.78 is 0. The Kier molecular flexibility index (Phi) is 4.98. The van der Waals surface area contributed by atoms with Crippen LogP contribution in [0.5, 0.6) is 0 Å². The van der Waals surface area contributed by atoms with E-state index in [0.717, 1.165) is 24.3 Å². The average Bonchev–Trinajstić information content (AvgIpc) is 2.92. The van der Waals surface area contributed by atoms with Crippen LogP contribution in [0.25, 0.3) is 0 Å². The van der Waals surface area contributed by atoms with Crippen LogP contribution in [-0.4, -0.2) is 36.3 Å². The first-order chi connectivity index (χ1) is 12.6. The third-order valence-corrected chi connectivity index (χ3v) is 5.57. The molecule has 2 aliphatic rings. The molecule has 2 aromatic carbocycles. The van der Waals surface area contributed by atoms with E-state index in [4.69, 9.17) is 23.2 Å². The number of aliphatic imine (C=N–C) groups is 1. The number of hydrogen-bond acceptors (Lipinski definition) is 3. The van der Waals surface area contributed by atoms with Crippen LogP contribution >= 0.6 is 23.2 Å². The number of nitrogens with zero attached hydrogens (tertiary/aromatic N) is 3. The fourth-order valence-corrected chi connectivity index (χ4v) is 3.79. The number of halogens is 2. The lowest BCUT2D eigenvalue weighted by Crippen LogP contribution is -2.43. The van der Waals surface area contributed by atoms with Gasteiger partial charge in [0.05, 0.1) is 28.1 Å². The molecule has 0 N–H and O–H groups in total. The van der Waals surface area contributed by atoms with Crippen molar-refractivity contribution in [3.63, 3.8) is 0 Å². The molecule has 0 unspecified atom stereocenters. The predicted octanol–water partition coefficient (Wildman–Crippen LogP) is 4.90. The lowest BCUT2D eigenvalue weighted by Gasteiger charge is -2.30. The average molecular weight is 388 g/mol. The minimum absolute atomic E-state index is 0.0668. The van der Waals surface area contributed by atoms with E-state index in [1.54, 1.807) is 18.2 Å². The van der Waals surface area contributed by atoms with Gasteiger partial charge >= 0.3 is 0 Å². The molecule has 1 fully saturated rings. The molecule has 6 heteroatoms. The molecule has 1 saturated heterocycles. The van der Waals surface area contributed by atoms with Gasteiger partial charge in [-0.3, -0.25) is 14.6 Å². The summed E-state index contributed by atoms with van der Waals surface area (Å²) in [6, 6.07) is 13.0. The highest BCUT2D eigenvalue weighted by Crippen LogP contribution is 2.33. The summed E-state index contributed by atoms with van der Waals surface area (Å²) in [5.74, 6) is -0.0668. The lowest BCUT2D eigenvalue weighted by molar-refractivity contribution is -0.112. The number of amides is 1. The quantitative estimate of drug-likeness (QED) is 0.750. The summed E-state index contributed by atoms with van der Waals surface area (Å²) in [6.07, 6.45) is 3.65. The number of piperidine rings is 1. The number of anilines is 1. The van der Waals surface area contributed by atoms with Crippen LogP contribution < -0.4 is 4.90 Å². The Morgan fingerprint density at radius 3 is 2.50 bits per heavy atom. The number of carbonyl (C=O) groups excluding carboxylic acids is 1. The summed E-state index contributed by atoms with van der Waals surface area (Å²) in [6.45, 7) is 2.67. The van der Waals surface area contributed by atoms with Gasteiger partial charge in [0.1, 0.15) is 5.71 Å². The fourth-order valence-electron chi connectivity index (χ4n) is 3.49. The molecule has 0 aliphatic carbocycles. The lowest BCUT2D eigenvalue weighted by atomic mass is 10.1. The van der Waals surface area contributed by atoms with Crippen molar-refractivity contribution in [3.05, 3.63) is 58.1 Å². The molecular weight excluding hydrogens is 369 g/mol. The van der Waals surface area contributed by atoms with E-state index in [1.165, 1.54) is 19.3 Å². The van der Waals surface area contributed by atoms with Gasteiger partial charge in [0.25, 0.3) is 5.91 Å². The van der Waals surface area contributed by atoms with Crippen LogP contribution in [0.3, 0.4) is 0 Å². The molecular formula is C20H19Cl2N3O. The molecule has 2 aromatic rings. The number of fused-ring (bicyclic) bond motifs is 1. The van der Waals surface area contributed by atoms with Crippen LogP contribution in [0.1, 0.15) is 24.8 Å². The van der Waals surface area contributed by atoms with E-state index >= 15 is 0 Å². The van der Waals surface area contributed by atoms with Crippen molar-refractivity contribution in [3.8, 4) is 0 Å². The second-order valence-electron chi connectivity index (χ2n) is 6.63. The number of likely N-dealkylation sites (tertiary alicyclic amines) is 1. The topological polar surface area (TPSA) is 35.9 Å². The van der Waals surface area contributed by atoms with Crippen molar-refractivity contribution in [2.45, 2.75) is 19.3 Å². The fraction of sp³-hybridized carbons (Fsp3) is 0.300. The van der Waals surface area contributed by atoms with Gasteiger partial charge in [-0.15, -0.1) is 0 Å². The van der Waals surface area contributed by atoms with Gasteiger partial charge < -0.3 is 0 Å². The molecule has 2 heterocycles. The zero-order valence-corrected chi connectivity index (χ0v) is 15.8. The number of benzene rings is 2. The molecule has 134 valence electrons. The van der Waals surface area contributed by atoms with Gasteiger partial charge in [0.15, 0.2) is 0 Å². The van der Waals surface area contributed by atoms with E-state index in [0.29, 0.717) is 28.1 Å². The van der Waals surface area contributed by atoms with Gasteiger partial charge in [-0.2, -0.15) is 0 Å². The number of hydrogen-bond donors (Lipinski definition) is 0. The molecule has 0 saturated carbocycles. The minimum atomic E-state index is -0.0668. The molecule has 4 nitrogen and oxygen atoms in total. The molecule has 2 aliphatic heterocycles. The Hall–Kier alpha value is -1.88. The van der Waals surface area contributed by atoms with E-state index in [9.17, 15) is 4.79 Å². The van der Waals surface area contributed by atoms with Gasteiger partial charge in [0, 0.05) is 5.56 Å². The summed E-state index contributed by atoms with van der Waals surface area (Å²) >= 11 is 12.1. The number of carbonyl (C=O) groups is 1. The Bertz CT molecular complexity index is 875. The van der Waals surface area contributed by atoms with Gasteiger partial charge in [-0.25, -0.2) is 4.99 Å². The Morgan fingerprint density at radius 1 is 0.962 bits per heavy atom. The van der Waals surface area contributed by atoms with Crippen LogP contribution in [0.2, 0.25) is 10.0 Å². The highest BCUT2D eigenvalue weighted by atomic mass is 35.5. The van der Waals surface area contributed by atoms with E-state index in [1.807, 2.05) is 29.2 Å². The maximum Gasteiger partial charge on any atom is 0.278 e. The van der Waals surface area contributed by atoms with E-state index in [-0.39, 0.29) is 5.91 Å². The molecule has 0 aromatic heterocycles. The van der Waals surface area contributed by atoms with E-state index < -0.39 is 0 Å². The SMILES string of the molecule is O=C1C(=Nc2ccc(Cl)c(Cl)c2)c2ccccc2N1CN1CCCCC1. The third kappa shape index (κ3) is 3.37. The standard InChI is InChI=1S/C20H19Cl2N3O/c21-16-9-8-14(12-17(16)22)23-19-15-6-2-3-7-18(15)25(20(19)26)13-24-10-4-1-5-11-24/h2-3,6-9,12H,1,4-5,10-11,13H2. The Labute approximate surface area is 163 Å². The van der Waals surface area contributed by atoms with Crippen LogP contribution in [0.15, 0.2) is 47.5 Å². The highest BCUT2D eigenvalue weighted by molar-refractivity contribution is 6.54. The monoisotopic (exact) mass is 387 g/mol. The van der Waals surface area contributed by atoms with Crippen molar-refractivity contribution in [1.82, 2.24) is 4.90 Å². The van der Waals surface area contributed by atoms with Gasteiger partial charge in [-0.1, -0.05) is 47.8 Å². The maximum absolute atomic E-state index is 13.1. The van der Waals surface area contributed by atoms with Crippen molar-refractivity contribution < 1.29 is 4.79 Å². The van der Waals surface area contributed by atoms with Crippen molar-refractivity contribution in [2.75, 3.05) is 24.7 Å². The first-order valence-electron chi connectivity index (χ1n) is 8.81. The van der Waals surface area contributed by atoms with Gasteiger partial charge in [-0.05, 0) is 50.2 Å². The molecule has 0 spiro atoms. The molecule has 26 heavy (non-hydrogen) atoms. The predicted molar refractivity (Wildman–Crippen MR) is 107 cm³/mol. The summed E-state index contributed by atoms with van der Waals surface area (Å²) in [5.41, 5.74) is 2.86.